The molecule has 1 fully saturated rings. The number of H-pyrrole nitrogens is 1. The third-order valence-electron chi connectivity index (χ3n) is 6.08. The monoisotopic (exact) mass is 503 g/mol. The van der Waals surface area contributed by atoms with Crippen molar-refractivity contribution >= 4 is 27.5 Å². The van der Waals surface area contributed by atoms with Gasteiger partial charge in [0.1, 0.15) is 5.75 Å². The van der Waals surface area contributed by atoms with Gasteiger partial charge >= 0.3 is 0 Å². The number of hydrogen-bond acceptors (Lipinski definition) is 6. The highest BCUT2D eigenvalue weighted by atomic mass is 32.1. The zero-order valence-corrected chi connectivity index (χ0v) is 21.8. The predicted molar refractivity (Wildman–Crippen MR) is 146 cm³/mol. The number of rotatable bonds is 8. The highest BCUT2D eigenvalue weighted by Gasteiger charge is 2.22. The molecule has 1 aliphatic heterocycles. The van der Waals surface area contributed by atoms with Crippen LogP contribution in [0.1, 0.15) is 35.1 Å². The number of nitrogens with one attached hydrogen (secondary N) is 1. The molecule has 0 unspecified atom stereocenters. The normalized spacial score (nSPS) is 13.3. The minimum atomic E-state index is -0.0249. The molecule has 4 aromatic rings. The SMILES string of the molecule is C=CC.COc1cccc(CN(CCN2CCCC2)C(=O)c2nc3ccc(-c4cn[nH]c4)cc3s2)c1. The number of carbonyl (C=O) groups excluding carboxylic acids is 1. The molecule has 8 heteroatoms. The number of aromatic nitrogens is 3. The quantitative estimate of drug-likeness (QED) is 0.316. The maximum absolute atomic E-state index is 13.6. The zero-order chi connectivity index (χ0) is 25.3. The topological polar surface area (TPSA) is 74.3 Å². The van der Waals surface area contributed by atoms with Crippen LogP contribution in [0.5, 0.6) is 5.75 Å². The number of aromatic amines is 1. The van der Waals surface area contributed by atoms with E-state index < -0.39 is 0 Å². The van der Waals surface area contributed by atoms with E-state index in [2.05, 4.69) is 32.7 Å². The van der Waals surface area contributed by atoms with Gasteiger partial charge in [0.2, 0.25) is 0 Å². The lowest BCUT2D eigenvalue weighted by Gasteiger charge is -2.25. The molecule has 0 spiro atoms. The van der Waals surface area contributed by atoms with E-state index in [1.54, 1.807) is 19.4 Å². The van der Waals surface area contributed by atoms with Crippen LogP contribution in [0.15, 0.2) is 67.5 Å². The number of ether oxygens (including phenoxy) is 1. The Bertz CT molecular complexity index is 1280. The van der Waals surface area contributed by atoms with E-state index in [0.29, 0.717) is 18.1 Å². The standard InChI is InChI=1S/C25H27N5O2S.C3H6/c1-32-21-6-4-5-18(13-21)17-30(12-11-29-9-2-3-10-29)25(31)24-28-22-8-7-19(14-23(22)33-24)20-15-26-27-16-20;1-3-2/h4-8,13-16H,2-3,9-12,17H2,1H3,(H,26,27);3H,1H2,2H3. The van der Waals surface area contributed by atoms with E-state index in [4.69, 9.17) is 4.74 Å². The fourth-order valence-electron chi connectivity index (χ4n) is 4.25. The lowest BCUT2D eigenvalue weighted by atomic mass is 10.1. The molecule has 1 aliphatic rings. The van der Waals surface area contributed by atoms with Gasteiger partial charge < -0.3 is 14.5 Å². The highest BCUT2D eigenvalue weighted by Crippen LogP contribution is 2.29. The third kappa shape index (κ3) is 6.38. The molecule has 36 heavy (non-hydrogen) atoms. The molecule has 2 aromatic carbocycles. The van der Waals surface area contributed by atoms with Crippen LogP contribution in [0, 0.1) is 0 Å². The second-order valence-corrected chi connectivity index (χ2v) is 9.75. The molecule has 0 radical (unpaired) electrons. The summed E-state index contributed by atoms with van der Waals surface area (Å²) in [6, 6.07) is 14.0. The lowest BCUT2D eigenvalue weighted by Crippen LogP contribution is -2.37. The van der Waals surface area contributed by atoms with Crippen molar-refractivity contribution in [1.29, 1.82) is 0 Å². The van der Waals surface area contributed by atoms with Crippen molar-refractivity contribution in [3.63, 3.8) is 0 Å². The number of hydrogen-bond donors (Lipinski definition) is 1. The molecule has 5 rings (SSSR count). The molecule has 0 saturated carbocycles. The summed E-state index contributed by atoms with van der Waals surface area (Å²) in [7, 11) is 1.66. The summed E-state index contributed by atoms with van der Waals surface area (Å²) < 4.78 is 6.37. The van der Waals surface area contributed by atoms with Crippen LogP contribution in [-0.2, 0) is 6.54 Å². The van der Waals surface area contributed by atoms with Gasteiger partial charge in [0.15, 0.2) is 5.01 Å². The van der Waals surface area contributed by atoms with Crippen molar-refractivity contribution in [3.05, 3.63) is 78.1 Å². The number of nitrogens with zero attached hydrogens (tertiary/aromatic N) is 4. The molecule has 1 N–H and O–H groups in total. The van der Waals surface area contributed by atoms with E-state index in [0.717, 1.165) is 52.3 Å². The average Bonchev–Trinajstić information content (AvgIpc) is 3.68. The number of benzene rings is 2. The van der Waals surface area contributed by atoms with Crippen LogP contribution in [0.3, 0.4) is 0 Å². The lowest BCUT2D eigenvalue weighted by molar-refractivity contribution is 0.0726. The first-order valence-electron chi connectivity index (χ1n) is 12.2. The number of amides is 1. The Kier molecular flexibility index (Phi) is 8.86. The summed E-state index contributed by atoms with van der Waals surface area (Å²) >= 11 is 1.45. The molecule has 188 valence electrons. The van der Waals surface area contributed by atoms with E-state index in [1.807, 2.05) is 54.4 Å². The fraction of sp³-hybridized carbons (Fsp3) is 0.321. The van der Waals surface area contributed by atoms with Crippen molar-refractivity contribution in [2.24, 2.45) is 0 Å². The molecule has 0 atom stereocenters. The van der Waals surface area contributed by atoms with Crippen LogP contribution in [0.4, 0.5) is 0 Å². The first kappa shape index (κ1) is 25.6. The number of allylic oxidation sites excluding steroid dienone is 1. The molecular weight excluding hydrogens is 470 g/mol. The summed E-state index contributed by atoms with van der Waals surface area (Å²) in [5.41, 5.74) is 3.97. The first-order valence-corrected chi connectivity index (χ1v) is 13.0. The van der Waals surface area contributed by atoms with E-state index in [9.17, 15) is 4.79 Å². The molecule has 7 nitrogen and oxygen atoms in total. The fourth-order valence-corrected chi connectivity index (χ4v) is 5.22. The number of likely N-dealkylation sites (tertiary alicyclic amines) is 1. The van der Waals surface area contributed by atoms with Crippen LogP contribution >= 0.6 is 11.3 Å². The second-order valence-electron chi connectivity index (χ2n) is 8.72. The van der Waals surface area contributed by atoms with Gasteiger partial charge in [0.25, 0.3) is 5.91 Å². The van der Waals surface area contributed by atoms with E-state index >= 15 is 0 Å². The molecule has 2 aromatic heterocycles. The minimum Gasteiger partial charge on any atom is -0.497 e. The predicted octanol–water partition coefficient (Wildman–Crippen LogP) is 5.63. The Morgan fingerprint density at radius 3 is 2.75 bits per heavy atom. The van der Waals surface area contributed by atoms with Gasteiger partial charge in [-0.1, -0.05) is 24.3 Å². The maximum Gasteiger partial charge on any atom is 0.283 e. The molecular formula is C28H33N5O2S. The summed E-state index contributed by atoms with van der Waals surface area (Å²) in [5.74, 6) is 0.772. The highest BCUT2D eigenvalue weighted by molar-refractivity contribution is 7.20. The molecule has 1 amide bonds. The van der Waals surface area contributed by atoms with Crippen molar-refractivity contribution < 1.29 is 9.53 Å². The van der Waals surface area contributed by atoms with Gasteiger partial charge in [-0.2, -0.15) is 5.10 Å². The number of methoxy groups -OCH3 is 1. The summed E-state index contributed by atoms with van der Waals surface area (Å²) in [4.78, 5) is 22.6. The van der Waals surface area contributed by atoms with E-state index in [-0.39, 0.29) is 5.91 Å². The van der Waals surface area contributed by atoms with Gasteiger partial charge in [-0.25, -0.2) is 4.98 Å². The molecule has 0 bridgehead atoms. The van der Waals surface area contributed by atoms with Crippen LogP contribution in [0.2, 0.25) is 0 Å². The van der Waals surface area contributed by atoms with Gasteiger partial charge in [-0.15, -0.1) is 17.9 Å². The third-order valence-corrected chi connectivity index (χ3v) is 7.09. The van der Waals surface area contributed by atoms with Crippen LogP contribution < -0.4 is 4.74 Å². The second kappa shape index (κ2) is 12.5. The largest absolute Gasteiger partial charge is 0.497 e. The zero-order valence-electron chi connectivity index (χ0n) is 20.9. The van der Waals surface area contributed by atoms with Crippen molar-refractivity contribution in [3.8, 4) is 16.9 Å². The average molecular weight is 504 g/mol. The van der Waals surface area contributed by atoms with Crippen LogP contribution in [-0.4, -0.2) is 64.2 Å². The summed E-state index contributed by atoms with van der Waals surface area (Å²) in [6.45, 7) is 9.55. The van der Waals surface area contributed by atoms with Gasteiger partial charge in [-0.3, -0.25) is 9.89 Å². The Hall–Kier alpha value is -3.49. The van der Waals surface area contributed by atoms with Gasteiger partial charge in [-0.05, 0) is 68.2 Å². The van der Waals surface area contributed by atoms with Crippen molar-refractivity contribution in [2.75, 3.05) is 33.3 Å². The summed E-state index contributed by atoms with van der Waals surface area (Å²) in [6.07, 6.45) is 7.88. The molecule has 3 heterocycles. The summed E-state index contributed by atoms with van der Waals surface area (Å²) in [5, 5.41) is 7.40. The minimum absolute atomic E-state index is 0.0249. The molecule has 1 saturated heterocycles. The Labute approximate surface area is 216 Å². The smallest absolute Gasteiger partial charge is 0.283 e. The number of fused-ring (bicyclic) bond motifs is 1. The number of carbonyl (C=O) groups is 1. The van der Waals surface area contributed by atoms with Gasteiger partial charge in [0.05, 0.1) is 23.5 Å². The van der Waals surface area contributed by atoms with Crippen LogP contribution in [0.25, 0.3) is 21.3 Å². The van der Waals surface area contributed by atoms with Crippen molar-refractivity contribution in [1.82, 2.24) is 25.0 Å². The van der Waals surface area contributed by atoms with E-state index in [1.165, 1.54) is 24.2 Å². The first-order chi connectivity index (χ1) is 17.6. The maximum atomic E-state index is 13.6. The number of thiazole rings is 1. The Balaban J connectivity index is 0.000000967. The van der Waals surface area contributed by atoms with Crippen molar-refractivity contribution in [2.45, 2.75) is 26.3 Å². The molecule has 0 aliphatic carbocycles. The Morgan fingerprint density at radius 2 is 2.03 bits per heavy atom. The van der Waals surface area contributed by atoms with Gasteiger partial charge in [0, 0.05) is 31.4 Å². The Morgan fingerprint density at radius 1 is 1.22 bits per heavy atom.